The van der Waals surface area contributed by atoms with Gasteiger partial charge in [0.1, 0.15) is 5.56 Å². The van der Waals surface area contributed by atoms with E-state index in [9.17, 15) is 9.59 Å². The van der Waals surface area contributed by atoms with E-state index in [2.05, 4.69) is 10.1 Å². The van der Waals surface area contributed by atoms with Crippen molar-refractivity contribution in [3.05, 3.63) is 34.4 Å². The second kappa shape index (κ2) is 3.23. The second-order valence-electron chi connectivity index (χ2n) is 3.33. The van der Waals surface area contributed by atoms with E-state index in [1.807, 2.05) is 0 Å². The van der Waals surface area contributed by atoms with Crippen molar-refractivity contribution < 1.29 is 4.79 Å². The lowest BCUT2D eigenvalue weighted by atomic mass is 10.3. The van der Waals surface area contributed by atoms with Crippen molar-refractivity contribution in [2.45, 2.75) is 0 Å². The summed E-state index contributed by atoms with van der Waals surface area (Å²) >= 11 is 0. The van der Waals surface area contributed by atoms with Gasteiger partial charge in [0.2, 0.25) is 0 Å². The van der Waals surface area contributed by atoms with Crippen molar-refractivity contribution in [1.82, 2.24) is 19.5 Å². The van der Waals surface area contributed by atoms with Gasteiger partial charge in [-0.15, -0.1) is 0 Å². The Labute approximate surface area is 85.1 Å². The molecule has 0 aliphatic carbocycles. The third kappa shape index (κ3) is 1.39. The SMILES string of the molecule is CN(C)C(=O)c1c[nH]n2c(=O)ccnc12. The van der Waals surface area contributed by atoms with Crippen molar-refractivity contribution in [1.29, 1.82) is 0 Å². The number of aromatic amines is 1. The van der Waals surface area contributed by atoms with Gasteiger partial charge in [0.25, 0.3) is 11.5 Å². The Morgan fingerprint density at radius 2 is 2.27 bits per heavy atom. The minimum Gasteiger partial charge on any atom is -0.345 e. The number of hydrogen-bond acceptors (Lipinski definition) is 3. The van der Waals surface area contributed by atoms with Gasteiger partial charge in [-0.1, -0.05) is 0 Å². The van der Waals surface area contributed by atoms with E-state index in [0.717, 1.165) is 0 Å². The highest BCUT2D eigenvalue weighted by Crippen LogP contribution is 2.06. The van der Waals surface area contributed by atoms with E-state index in [-0.39, 0.29) is 11.5 Å². The van der Waals surface area contributed by atoms with E-state index in [0.29, 0.717) is 11.2 Å². The Balaban J connectivity index is 2.70. The average Bonchev–Trinajstić information content (AvgIpc) is 2.61. The monoisotopic (exact) mass is 206 g/mol. The van der Waals surface area contributed by atoms with Crippen LogP contribution in [0, 0.1) is 0 Å². The zero-order valence-corrected chi connectivity index (χ0v) is 8.39. The lowest BCUT2D eigenvalue weighted by Gasteiger charge is -2.07. The van der Waals surface area contributed by atoms with Crippen LogP contribution in [0.25, 0.3) is 5.65 Å². The first kappa shape index (κ1) is 9.45. The van der Waals surface area contributed by atoms with Gasteiger partial charge in [-0.3, -0.25) is 14.7 Å². The fraction of sp³-hybridized carbons (Fsp3) is 0.222. The molecule has 0 bridgehead atoms. The molecule has 0 aliphatic rings. The quantitative estimate of drug-likeness (QED) is 0.697. The van der Waals surface area contributed by atoms with Gasteiger partial charge in [0.05, 0.1) is 0 Å². The van der Waals surface area contributed by atoms with Crippen molar-refractivity contribution in [3.63, 3.8) is 0 Å². The molecule has 6 heteroatoms. The lowest BCUT2D eigenvalue weighted by molar-refractivity contribution is 0.0829. The molecule has 2 rings (SSSR count). The van der Waals surface area contributed by atoms with Crippen LogP contribution in [-0.4, -0.2) is 39.5 Å². The molecule has 1 N–H and O–H groups in total. The van der Waals surface area contributed by atoms with E-state index in [1.165, 1.54) is 27.9 Å². The van der Waals surface area contributed by atoms with E-state index in [1.54, 1.807) is 14.1 Å². The molecule has 1 amide bonds. The Morgan fingerprint density at radius 3 is 2.93 bits per heavy atom. The van der Waals surface area contributed by atoms with Crippen LogP contribution in [-0.2, 0) is 0 Å². The number of carbonyl (C=O) groups excluding carboxylic acids is 1. The van der Waals surface area contributed by atoms with Gasteiger partial charge in [-0.25, -0.2) is 9.50 Å². The smallest absolute Gasteiger partial charge is 0.272 e. The molecule has 0 aromatic carbocycles. The van der Waals surface area contributed by atoms with Crippen molar-refractivity contribution in [3.8, 4) is 0 Å². The van der Waals surface area contributed by atoms with Gasteiger partial charge in [-0.2, -0.15) is 0 Å². The Bertz CT molecular complexity index is 567. The zero-order valence-electron chi connectivity index (χ0n) is 8.39. The summed E-state index contributed by atoms with van der Waals surface area (Å²) in [7, 11) is 3.29. The van der Waals surface area contributed by atoms with Crippen LogP contribution in [0.5, 0.6) is 0 Å². The highest BCUT2D eigenvalue weighted by molar-refractivity contribution is 5.99. The highest BCUT2D eigenvalue weighted by atomic mass is 16.2. The summed E-state index contributed by atoms with van der Waals surface area (Å²) in [4.78, 5) is 28.5. The van der Waals surface area contributed by atoms with Crippen LogP contribution >= 0.6 is 0 Å². The van der Waals surface area contributed by atoms with Crippen LogP contribution in [0.1, 0.15) is 10.4 Å². The molecule has 0 aliphatic heterocycles. The highest BCUT2D eigenvalue weighted by Gasteiger charge is 2.15. The third-order valence-corrected chi connectivity index (χ3v) is 2.06. The normalized spacial score (nSPS) is 10.5. The van der Waals surface area contributed by atoms with Gasteiger partial charge >= 0.3 is 0 Å². The van der Waals surface area contributed by atoms with E-state index in [4.69, 9.17) is 0 Å². The molecular weight excluding hydrogens is 196 g/mol. The Morgan fingerprint density at radius 1 is 1.53 bits per heavy atom. The van der Waals surface area contributed by atoms with Crippen LogP contribution in [0.4, 0.5) is 0 Å². The van der Waals surface area contributed by atoms with Crippen LogP contribution < -0.4 is 5.56 Å². The minimum absolute atomic E-state index is 0.188. The summed E-state index contributed by atoms with van der Waals surface area (Å²) in [5, 5.41) is 2.69. The summed E-state index contributed by atoms with van der Waals surface area (Å²) < 4.78 is 1.23. The number of carbonyl (C=O) groups is 1. The number of rotatable bonds is 1. The van der Waals surface area contributed by atoms with Crippen LogP contribution in [0.2, 0.25) is 0 Å². The zero-order chi connectivity index (χ0) is 11.0. The topological polar surface area (TPSA) is 70.5 Å². The number of aromatic nitrogens is 3. The number of amides is 1. The maximum Gasteiger partial charge on any atom is 0.272 e. The molecule has 0 saturated carbocycles. The molecule has 2 aromatic heterocycles. The molecular formula is C9H10N4O2. The third-order valence-electron chi connectivity index (χ3n) is 2.06. The predicted octanol–water partition coefficient (Wildman–Crippen LogP) is -0.276. The summed E-state index contributed by atoms with van der Waals surface area (Å²) in [6, 6.07) is 1.33. The molecule has 0 radical (unpaired) electrons. The summed E-state index contributed by atoms with van der Waals surface area (Å²) in [5.41, 5.74) is 0.497. The summed E-state index contributed by atoms with van der Waals surface area (Å²) in [6.45, 7) is 0. The molecule has 0 saturated heterocycles. The molecule has 2 heterocycles. The number of fused-ring (bicyclic) bond motifs is 1. The first-order chi connectivity index (χ1) is 7.11. The molecule has 78 valence electrons. The largest absolute Gasteiger partial charge is 0.345 e. The fourth-order valence-corrected chi connectivity index (χ4v) is 1.31. The van der Waals surface area contributed by atoms with Crippen LogP contribution in [0.15, 0.2) is 23.3 Å². The van der Waals surface area contributed by atoms with E-state index < -0.39 is 0 Å². The Kier molecular flexibility index (Phi) is 2.03. The molecule has 0 atom stereocenters. The number of nitrogens with zero attached hydrogens (tertiary/aromatic N) is 3. The number of hydrogen-bond donors (Lipinski definition) is 1. The minimum atomic E-state index is -0.238. The molecule has 2 aromatic rings. The molecule has 0 fully saturated rings. The second-order valence-corrected chi connectivity index (χ2v) is 3.33. The maximum atomic E-state index is 11.7. The summed E-state index contributed by atoms with van der Waals surface area (Å²) in [6.07, 6.45) is 2.87. The molecule has 0 spiro atoms. The first-order valence-electron chi connectivity index (χ1n) is 4.38. The van der Waals surface area contributed by atoms with Gasteiger partial charge in [-0.05, 0) is 0 Å². The Hall–Kier alpha value is -2.11. The van der Waals surface area contributed by atoms with Crippen molar-refractivity contribution >= 4 is 11.6 Å². The predicted molar refractivity (Wildman–Crippen MR) is 53.8 cm³/mol. The van der Waals surface area contributed by atoms with Crippen molar-refractivity contribution in [2.75, 3.05) is 14.1 Å². The average molecular weight is 206 g/mol. The lowest BCUT2D eigenvalue weighted by Crippen LogP contribution is -2.22. The van der Waals surface area contributed by atoms with Crippen LogP contribution in [0.3, 0.4) is 0 Å². The fourth-order valence-electron chi connectivity index (χ4n) is 1.31. The standard InChI is InChI=1S/C9H10N4O2/c1-12(2)9(15)6-5-11-13-7(14)3-4-10-8(6)13/h3-5,11H,1-2H3. The molecule has 6 nitrogen and oxygen atoms in total. The number of nitrogens with one attached hydrogen (secondary N) is 1. The van der Waals surface area contributed by atoms with E-state index >= 15 is 0 Å². The van der Waals surface area contributed by atoms with Gasteiger partial charge in [0.15, 0.2) is 5.65 Å². The van der Waals surface area contributed by atoms with Crippen molar-refractivity contribution in [2.24, 2.45) is 0 Å². The molecule has 0 unspecified atom stereocenters. The van der Waals surface area contributed by atoms with Gasteiger partial charge in [0, 0.05) is 32.6 Å². The maximum absolute atomic E-state index is 11.7. The number of H-pyrrole nitrogens is 1. The first-order valence-corrected chi connectivity index (χ1v) is 4.38. The van der Waals surface area contributed by atoms with Gasteiger partial charge < -0.3 is 4.90 Å². The molecule has 15 heavy (non-hydrogen) atoms. The summed E-state index contributed by atoms with van der Waals surface area (Å²) in [5.74, 6) is -0.188.